The fourth-order valence-corrected chi connectivity index (χ4v) is 2.36. The minimum Gasteiger partial charge on any atom is -0.494 e. The Hall–Kier alpha value is -3.28. The molecular formula is C17H12Cl2N4O4. The SMILES string of the molecule is COc1cc([N+](=O)[O-])ccc1NC(=O)/C(C#N)=C\Nc1cccc(Cl)c1Cl. The Morgan fingerprint density at radius 3 is 2.67 bits per heavy atom. The molecule has 0 aliphatic carbocycles. The first-order valence-corrected chi connectivity index (χ1v) is 8.07. The van der Waals surface area contributed by atoms with E-state index in [9.17, 15) is 20.2 Å². The summed E-state index contributed by atoms with van der Waals surface area (Å²) < 4.78 is 5.04. The van der Waals surface area contributed by atoms with Gasteiger partial charge in [0.05, 0.1) is 39.5 Å². The molecule has 1 amide bonds. The van der Waals surface area contributed by atoms with E-state index >= 15 is 0 Å². The third kappa shape index (κ3) is 4.88. The number of nitriles is 1. The summed E-state index contributed by atoms with van der Waals surface area (Å²) in [6.45, 7) is 0. The second kappa shape index (κ2) is 8.89. The Balaban J connectivity index is 2.21. The standard InChI is InChI=1S/C17H12Cl2N4O4/c1-27-15-7-11(23(25)26)5-6-13(15)22-17(24)10(8-20)9-21-14-4-2-3-12(18)16(14)19/h2-7,9,21H,1H3,(H,22,24)/b10-9-. The highest BCUT2D eigenvalue weighted by Crippen LogP contribution is 2.30. The number of non-ortho nitro benzene ring substituents is 1. The van der Waals surface area contributed by atoms with Gasteiger partial charge in [-0.1, -0.05) is 29.3 Å². The maximum absolute atomic E-state index is 12.3. The van der Waals surface area contributed by atoms with Gasteiger partial charge in [-0.15, -0.1) is 0 Å². The van der Waals surface area contributed by atoms with Gasteiger partial charge in [0.1, 0.15) is 17.4 Å². The van der Waals surface area contributed by atoms with Crippen LogP contribution >= 0.6 is 23.2 Å². The molecule has 0 aromatic heterocycles. The molecule has 2 rings (SSSR count). The molecule has 2 aromatic carbocycles. The number of carbonyl (C=O) groups is 1. The van der Waals surface area contributed by atoms with E-state index in [0.29, 0.717) is 10.7 Å². The summed E-state index contributed by atoms with van der Waals surface area (Å²) in [5.74, 6) is -0.656. The van der Waals surface area contributed by atoms with Crippen LogP contribution in [0.25, 0.3) is 0 Å². The maximum Gasteiger partial charge on any atom is 0.273 e. The highest BCUT2D eigenvalue weighted by molar-refractivity contribution is 6.43. The van der Waals surface area contributed by atoms with Crippen molar-refractivity contribution >= 4 is 46.2 Å². The maximum atomic E-state index is 12.3. The van der Waals surface area contributed by atoms with Crippen molar-refractivity contribution in [1.29, 1.82) is 5.26 Å². The number of benzene rings is 2. The van der Waals surface area contributed by atoms with Crippen molar-refractivity contribution in [3.63, 3.8) is 0 Å². The molecule has 10 heteroatoms. The van der Waals surface area contributed by atoms with Crippen LogP contribution in [-0.4, -0.2) is 17.9 Å². The summed E-state index contributed by atoms with van der Waals surface area (Å²) >= 11 is 11.9. The highest BCUT2D eigenvalue weighted by Gasteiger charge is 2.16. The third-order valence-corrected chi connectivity index (χ3v) is 4.15. The number of nitrogens with one attached hydrogen (secondary N) is 2. The zero-order valence-corrected chi connectivity index (χ0v) is 15.3. The van der Waals surface area contributed by atoms with E-state index in [1.54, 1.807) is 24.3 Å². The quantitative estimate of drug-likeness (QED) is 0.318. The normalized spacial score (nSPS) is 10.7. The molecule has 0 radical (unpaired) electrons. The van der Waals surface area contributed by atoms with E-state index in [1.807, 2.05) is 0 Å². The topological polar surface area (TPSA) is 117 Å². The summed E-state index contributed by atoms with van der Waals surface area (Å²) in [6, 6.07) is 10.3. The molecule has 8 nitrogen and oxygen atoms in total. The van der Waals surface area contributed by atoms with Crippen molar-refractivity contribution in [2.24, 2.45) is 0 Å². The van der Waals surface area contributed by atoms with Crippen molar-refractivity contribution in [3.05, 3.63) is 68.3 Å². The van der Waals surface area contributed by atoms with Crippen LogP contribution < -0.4 is 15.4 Å². The number of anilines is 2. The van der Waals surface area contributed by atoms with Crippen LogP contribution in [0.4, 0.5) is 17.1 Å². The number of ether oxygens (including phenoxy) is 1. The Kier molecular flexibility index (Phi) is 6.60. The van der Waals surface area contributed by atoms with E-state index in [1.165, 1.54) is 25.4 Å². The first kappa shape index (κ1) is 20.0. The molecule has 2 N–H and O–H groups in total. The van der Waals surface area contributed by atoms with Crippen molar-refractivity contribution in [2.45, 2.75) is 0 Å². The van der Waals surface area contributed by atoms with Gasteiger partial charge in [0.2, 0.25) is 0 Å². The summed E-state index contributed by atoms with van der Waals surface area (Å²) in [4.78, 5) is 22.5. The molecule has 27 heavy (non-hydrogen) atoms. The molecular weight excluding hydrogens is 395 g/mol. The fraction of sp³-hybridized carbons (Fsp3) is 0.0588. The van der Waals surface area contributed by atoms with Gasteiger partial charge >= 0.3 is 0 Å². The summed E-state index contributed by atoms with van der Waals surface area (Å²) in [7, 11) is 1.30. The second-order valence-corrected chi connectivity index (χ2v) is 5.80. The first-order chi connectivity index (χ1) is 12.9. The van der Waals surface area contributed by atoms with E-state index in [4.69, 9.17) is 27.9 Å². The molecule has 0 aliphatic rings. The van der Waals surface area contributed by atoms with Gasteiger partial charge in [0, 0.05) is 12.3 Å². The molecule has 0 fully saturated rings. The number of nitrogens with zero attached hydrogens (tertiary/aromatic N) is 2. The minimum atomic E-state index is -0.740. The molecule has 0 saturated heterocycles. The molecule has 0 aliphatic heterocycles. The smallest absolute Gasteiger partial charge is 0.273 e. The average molecular weight is 407 g/mol. The van der Waals surface area contributed by atoms with Gasteiger partial charge in [0.25, 0.3) is 11.6 Å². The first-order valence-electron chi connectivity index (χ1n) is 7.32. The number of nitro benzene ring substituents is 1. The Morgan fingerprint density at radius 1 is 1.30 bits per heavy atom. The van der Waals surface area contributed by atoms with Crippen molar-refractivity contribution in [3.8, 4) is 11.8 Å². The molecule has 0 unspecified atom stereocenters. The molecule has 0 heterocycles. The summed E-state index contributed by atoms with van der Waals surface area (Å²) in [6.07, 6.45) is 1.17. The van der Waals surface area contributed by atoms with Gasteiger partial charge in [-0.3, -0.25) is 14.9 Å². The predicted octanol–water partition coefficient (Wildman–Crippen LogP) is 4.37. The largest absolute Gasteiger partial charge is 0.494 e. The van der Waals surface area contributed by atoms with Crippen molar-refractivity contribution in [2.75, 3.05) is 17.7 Å². The number of halogens is 2. The number of rotatable bonds is 6. The zero-order valence-electron chi connectivity index (χ0n) is 13.8. The van der Waals surface area contributed by atoms with Gasteiger partial charge in [-0.2, -0.15) is 5.26 Å². The van der Waals surface area contributed by atoms with E-state index in [-0.39, 0.29) is 27.7 Å². The summed E-state index contributed by atoms with van der Waals surface area (Å²) in [5.41, 5.74) is 0.136. The van der Waals surface area contributed by atoms with Crippen LogP contribution in [0, 0.1) is 21.4 Å². The lowest BCUT2D eigenvalue weighted by Crippen LogP contribution is -2.15. The molecule has 2 aromatic rings. The van der Waals surface area contributed by atoms with Gasteiger partial charge in [-0.25, -0.2) is 0 Å². The average Bonchev–Trinajstić information content (AvgIpc) is 2.65. The van der Waals surface area contributed by atoms with Crippen LogP contribution in [0.15, 0.2) is 48.2 Å². The van der Waals surface area contributed by atoms with E-state index in [0.717, 1.165) is 6.07 Å². The molecule has 0 atom stereocenters. The van der Waals surface area contributed by atoms with Gasteiger partial charge < -0.3 is 15.4 Å². The number of nitro groups is 1. The number of amides is 1. The highest BCUT2D eigenvalue weighted by atomic mass is 35.5. The predicted molar refractivity (Wildman–Crippen MR) is 102 cm³/mol. The lowest BCUT2D eigenvalue weighted by Gasteiger charge is -2.10. The third-order valence-electron chi connectivity index (χ3n) is 3.33. The van der Waals surface area contributed by atoms with Gasteiger partial charge in [-0.05, 0) is 18.2 Å². The summed E-state index contributed by atoms with van der Waals surface area (Å²) in [5, 5.41) is 25.8. The van der Waals surface area contributed by atoms with Gasteiger partial charge in [0.15, 0.2) is 0 Å². The molecule has 138 valence electrons. The fourth-order valence-electron chi connectivity index (χ4n) is 2.00. The molecule has 0 spiro atoms. The van der Waals surface area contributed by atoms with Crippen LogP contribution in [-0.2, 0) is 4.79 Å². The molecule has 0 saturated carbocycles. The monoisotopic (exact) mass is 406 g/mol. The van der Waals surface area contributed by atoms with E-state index in [2.05, 4.69) is 10.6 Å². The Bertz CT molecular complexity index is 970. The Labute approximate surface area is 164 Å². The van der Waals surface area contributed by atoms with Crippen LogP contribution in [0.2, 0.25) is 10.0 Å². The van der Waals surface area contributed by atoms with Crippen molar-refractivity contribution < 1.29 is 14.5 Å². The molecule has 0 bridgehead atoms. The lowest BCUT2D eigenvalue weighted by atomic mass is 10.2. The van der Waals surface area contributed by atoms with Crippen molar-refractivity contribution in [1.82, 2.24) is 0 Å². The van der Waals surface area contributed by atoms with E-state index < -0.39 is 10.8 Å². The van der Waals surface area contributed by atoms with Crippen LogP contribution in [0.3, 0.4) is 0 Å². The lowest BCUT2D eigenvalue weighted by molar-refractivity contribution is -0.384. The van der Waals surface area contributed by atoms with Crippen LogP contribution in [0.1, 0.15) is 0 Å². The zero-order chi connectivity index (χ0) is 20.0. The number of methoxy groups -OCH3 is 1. The minimum absolute atomic E-state index is 0.0840. The Morgan fingerprint density at radius 2 is 2.04 bits per heavy atom. The number of hydrogen-bond donors (Lipinski definition) is 2. The number of carbonyl (C=O) groups excluding carboxylic acids is 1. The second-order valence-electron chi connectivity index (χ2n) is 5.01. The number of hydrogen-bond acceptors (Lipinski definition) is 6. The van der Waals surface area contributed by atoms with Crippen LogP contribution in [0.5, 0.6) is 5.75 Å².